The molecule has 0 spiro atoms. The van der Waals surface area contributed by atoms with Gasteiger partial charge < -0.3 is 15.0 Å². The molecule has 0 aliphatic heterocycles. The van der Waals surface area contributed by atoms with Crippen LogP contribution in [0.3, 0.4) is 0 Å². The molecule has 2 aromatic carbocycles. The van der Waals surface area contributed by atoms with E-state index in [4.69, 9.17) is 17.0 Å². The van der Waals surface area contributed by atoms with Gasteiger partial charge >= 0.3 is 0 Å². The van der Waals surface area contributed by atoms with Crippen molar-refractivity contribution >= 4 is 29.0 Å². The average molecular weight is 399 g/mol. The molecule has 0 saturated carbocycles. The highest BCUT2D eigenvalue weighted by Gasteiger charge is 2.26. The molecule has 0 bridgehead atoms. The predicted molar refractivity (Wildman–Crippen MR) is 106 cm³/mol. The van der Waals surface area contributed by atoms with Crippen LogP contribution in [0, 0.1) is 10.6 Å². The van der Waals surface area contributed by atoms with Gasteiger partial charge in [-0.2, -0.15) is 0 Å². The molecule has 1 atom stereocenters. The van der Waals surface area contributed by atoms with Crippen LogP contribution in [-0.4, -0.2) is 22.6 Å². The van der Waals surface area contributed by atoms with E-state index in [-0.39, 0.29) is 34.6 Å². The molecule has 1 heterocycles. The number of aromatic nitrogens is 2. The number of halogens is 1. The molecule has 0 radical (unpaired) electrons. The van der Waals surface area contributed by atoms with Crippen LogP contribution >= 0.6 is 12.2 Å². The summed E-state index contributed by atoms with van der Waals surface area (Å²) in [5.74, 6) is -0.603. The van der Waals surface area contributed by atoms with Gasteiger partial charge in [0.2, 0.25) is 5.91 Å². The molecule has 1 unspecified atom stereocenters. The summed E-state index contributed by atoms with van der Waals surface area (Å²) in [7, 11) is 1.40. The minimum Gasteiger partial charge on any atom is -0.494 e. The molecule has 1 aliphatic carbocycles. The number of nitrogens with one attached hydrogen (secondary N) is 2. The van der Waals surface area contributed by atoms with Crippen LogP contribution in [0.1, 0.15) is 23.6 Å². The summed E-state index contributed by atoms with van der Waals surface area (Å²) in [5.41, 5.74) is 2.00. The van der Waals surface area contributed by atoms with Crippen LogP contribution in [0.2, 0.25) is 0 Å². The molecule has 6 nitrogen and oxygen atoms in total. The topological polar surface area (TPSA) is 76.1 Å². The lowest BCUT2D eigenvalue weighted by molar-refractivity contribution is -0.122. The number of ether oxygens (including phenoxy) is 1. The smallest absolute Gasteiger partial charge is 0.262 e. The summed E-state index contributed by atoms with van der Waals surface area (Å²) in [5, 5.41) is 3.39. The van der Waals surface area contributed by atoms with Gasteiger partial charge in [0.15, 0.2) is 16.3 Å². The lowest BCUT2D eigenvalue weighted by atomic mass is 10.1. The van der Waals surface area contributed by atoms with Gasteiger partial charge in [0.05, 0.1) is 24.1 Å². The molecule has 144 valence electrons. The van der Waals surface area contributed by atoms with E-state index in [9.17, 15) is 14.0 Å². The van der Waals surface area contributed by atoms with Crippen molar-refractivity contribution in [3.8, 4) is 5.75 Å². The standard InChI is InChI=1S/C20H18FN3O3S/c1-27-17-9-13-11(8-14(17)21)6-7-16(13)22-18(25)10-24-19(26)12-4-2-3-5-15(12)23-20(24)28/h2-5,8-9,16H,6-7,10H2,1H3,(H,22,25)(H,23,28). The van der Waals surface area contributed by atoms with Crippen LogP contribution in [0.4, 0.5) is 4.39 Å². The summed E-state index contributed by atoms with van der Waals surface area (Å²) < 4.78 is 20.3. The fourth-order valence-electron chi connectivity index (χ4n) is 3.64. The molecule has 0 saturated heterocycles. The first-order chi connectivity index (χ1) is 13.5. The number of hydrogen-bond acceptors (Lipinski definition) is 4. The van der Waals surface area contributed by atoms with Crippen molar-refractivity contribution in [1.29, 1.82) is 0 Å². The van der Waals surface area contributed by atoms with Crippen LogP contribution in [-0.2, 0) is 17.8 Å². The summed E-state index contributed by atoms with van der Waals surface area (Å²) >= 11 is 5.25. The van der Waals surface area contributed by atoms with E-state index in [0.717, 1.165) is 11.1 Å². The minimum absolute atomic E-state index is 0.146. The SMILES string of the molecule is COc1cc2c(cc1F)CCC2NC(=O)Cn1c(=S)[nH]c2ccccc2c1=O. The first kappa shape index (κ1) is 18.4. The van der Waals surface area contributed by atoms with Gasteiger partial charge in [-0.25, -0.2) is 4.39 Å². The Labute approximate surface area is 165 Å². The quantitative estimate of drug-likeness (QED) is 0.662. The zero-order chi connectivity index (χ0) is 19.8. The Hall–Kier alpha value is -3.00. The van der Waals surface area contributed by atoms with Crippen molar-refractivity contribution < 1.29 is 13.9 Å². The Morgan fingerprint density at radius 3 is 2.96 bits per heavy atom. The number of methoxy groups -OCH3 is 1. The number of hydrogen-bond donors (Lipinski definition) is 2. The molecule has 2 N–H and O–H groups in total. The molecule has 28 heavy (non-hydrogen) atoms. The highest BCUT2D eigenvalue weighted by molar-refractivity contribution is 7.71. The second-order valence-corrected chi connectivity index (χ2v) is 7.10. The molecule has 8 heteroatoms. The third kappa shape index (κ3) is 3.20. The Morgan fingerprint density at radius 2 is 2.18 bits per heavy atom. The first-order valence-electron chi connectivity index (χ1n) is 8.85. The normalized spacial score (nSPS) is 15.4. The zero-order valence-electron chi connectivity index (χ0n) is 15.1. The summed E-state index contributed by atoms with van der Waals surface area (Å²) in [6.07, 6.45) is 1.32. The van der Waals surface area contributed by atoms with Gasteiger partial charge in [-0.3, -0.25) is 14.2 Å². The van der Waals surface area contributed by atoms with E-state index < -0.39 is 5.82 Å². The van der Waals surface area contributed by atoms with Crippen LogP contribution in [0.25, 0.3) is 10.9 Å². The third-order valence-corrected chi connectivity index (χ3v) is 5.34. The Morgan fingerprint density at radius 1 is 1.39 bits per heavy atom. The number of carbonyl (C=O) groups is 1. The maximum atomic E-state index is 13.9. The number of aromatic amines is 1. The van der Waals surface area contributed by atoms with E-state index in [1.807, 2.05) is 0 Å². The van der Waals surface area contributed by atoms with E-state index in [2.05, 4.69) is 10.3 Å². The van der Waals surface area contributed by atoms with E-state index in [1.54, 1.807) is 30.3 Å². The highest BCUT2D eigenvalue weighted by Crippen LogP contribution is 2.35. The largest absolute Gasteiger partial charge is 0.494 e. The average Bonchev–Trinajstić information content (AvgIpc) is 3.05. The van der Waals surface area contributed by atoms with Gasteiger partial charge in [-0.15, -0.1) is 0 Å². The number of para-hydroxylation sites is 1. The number of aryl methyl sites for hydroxylation is 1. The fourth-order valence-corrected chi connectivity index (χ4v) is 3.90. The molecule has 0 fully saturated rings. The highest BCUT2D eigenvalue weighted by atomic mass is 32.1. The Bertz CT molecular complexity index is 1200. The minimum atomic E-state index is -0.415. The van der Waals surface area contributed by atoms with Crippen molar-refractivity contribution in [2.45, 2.75) is 25.4 Å². The number of H-pyrrole nitrogens is 1. The van der Waals surface area contributed by atoms with Crippen molar-refractivity contribution in [2.24, 2.45) is 0 Å². The number of rotatable bonds is 4. The molecular formula is C20H18FN3O3S. The molecule has 1 amide bonds. The number of amides is 1. The van der Waals surface area contributed by atoms with Crippen molar-refractivity contribution in [3.63, 3.8) is 0 Å². The molecule has 1 aliphatic rings. The van der Waals surface area contributed by atoms with Gasteiger partial charge in [-0.1, -0.05) is 12.1 Å². The molecule has 4 rings (SSSR count). The number of carbonyl (C=O) groups excluding carboxylic acids is 1. The number of benzene rings is 2. The van der Waals surface area contributed by atoms with Crippen molar-refractivity contribution in [2.75, 3.05) is 7.11 Å². The predicted octanol–water partition coefficient (Wildman–Crippen LogP) is 3.01. The second kappa shape index (κ2) is 7.20. The van der Waals surface area contributed by atoms with Crippen LogP contribution < -0.4 is 15.6 Å². The second-order valence-electron chi connectivity index (χ2n) is 6.71. The molecule has 3 aromatic rings. The van der Waals surface area contributed by atoms with Gasteiger partial charge in [0.25, 0.3) is 5.56 Å². The van der Waals surface area contributed by atoms with Crippen LogP contribution in [0.15, 0.2) is 41.2 Å². The lowest BCUT2D eigenvalue weighted by Gasteiger charge is -2.16. The molecule has 1 aromatic heterocycles. The van der Waals surface area contributed by atoms with Gasteiger partial charge in [0.1, 0.15) is 6.54 Å². The number of fused-ring (bicyclic) bond motifs is 2. The van der Waals surface area contributed by atoms with Crippen molar-refractivity contribution in [1.82, 2.24) is 14.9 Å². The summed E-state index contributed by atoms with van der Waals surface area (Å²) in [6, 6.07) is 9.82. The first-order valence-corrected chi connectivity index (χ1v) is 9.26. The van der Waals surface area contributed by atoms with Crippen molar-refractivity contribution in [3.05, 3.63) is 68.5 Å². The zero-order valence-corrected chi connectivity index (χ0v) is 15.9. The van der Waals surface area contributed by atoms with Gasteiger partial charge in [0, 0.05) is 0 Å². The fraction of sp³-hybridized carbons (Fsp3) is 0.250. The van der Waals surface area contributed by atoms with E-state index in [0.29, 0.717) is 23.7 Å². The lowest BCUT2D eigenvalue weighted by Crippen LogP contribution is -2.34. The van der Waals surface area contributed by atoms with E-state index in [1.165, 1.54) is 17.7 Å². The maximum Gasteiger partial charge on any atom is 0.262 e. The molecular weight excluding hydrogens is 381 g/mol. The monoisotopic (exact) mass is 399 g/mol. The van der Waals surface area contributed by atoms with Gasteiger partial charge in [-0.05, 0) is 60.5 Å². The summed E-state index contributed by atoms with van der Waals surface area (Å²) in [6.45, 7) is -0.191. The van der Waals surface area contributed by atoms with Crippen LogP contribution in [0.5, 0.6) is 5.75 Å². The Kier molecular flexibility index (Phi) is 4.72. The maximum absolute atomic E-state index is 13.9. The number of nitrogens with zero attached hydrogens (tertiary/aromatic N) is 1. The summed E-state index contributed by atoms with van der Waals surface area (Å²) in [4.78, 5) is 28.3. The Balaban J connectivity index is 1.58. The third-order valence-electron chi connectivity index (χ3n) is 5.02. The van der Waals surface area contributed by atoms with E-state index >= 15 is 0 Å².